The Labute approximate surface area is 99.1 Å². The van der Waals surface area contributed by atoms with Gasteiger partial charge in [-0.3, -0.25) is 9.28 Å². The van der Waals surface area contributed by atoms with Crippen molar-refractivity contribution in [3.63, 3.8) is 0 Å². The van der Waals surface area contributed by atoms with Gasteiger partial charge in [-0.15, -0.1) is 0 Å². The summed E-state index contributed by atoms with van der Waals surface area (Å²) in [5, 5.41) is 13.7. The van der Waals surface area contributed by atoms with E-state index in [0.717, 1.165) is 48.4 Å². The Morgan fingerprint density at radius 2 is 2.19 bits per heavy atom. The number of aliphatic hydroxyl groups is 1. The van der Waals surface area contributed by atoms with E-state index < -0.39 is 0 Å². The predicted molar refractivity (Wildman–Crippen MR) is 66.1 cm³/mol. The maximum absolute atomic E-state index is 10.7. The number of carbonyl (C=O) groups excluding carboxylic acids is 1. The van der Waals surface area contributed by atoms with E-state index in [0.29, 0.717) is 0 Å². The molecule has 4 nitrogen and oxygen atoms in total. The molecule has 0 aliphatic carbocycles. The average Bonchev–Trinajstić information content (AvgIpc) is 2.80. The van der Waals surface area contributed by atoms with E-state index in [2.05, 4.69) is 5.32 Å². The fraction of sp³-hybridized carbons (Fsp3) is 0.545. The number of rotatable bonds is 4. The van der Waals surface area contributed by atoms with Gasteiger partial charge in [-0.2, -0.15) is 0 Å². The van der Waals surface area contributed by atoms with Gasteiger partial charge in [0.05, 0.1) is 24.6 Å². The molecule has 1 aliphatic rings. The van der Waals surface area contributed by atoms with Crippen LogP contribution < -0.4 is 9.80 Å². The molecule has 0 spiro atoms. The van der Waals surface area contributed by atoms with Crippen LogP contribution in [-0.4, -0.2) is 50.7 Å². The van der Waals surface area contributed by atoms with Crippen molar-refractivity contribution in [3.05, 3.63) is 17.0 Å². The van der Waals surface area contributed by atoms with Crippen molar-refractivity contribution in [2.45, 2.75) is 0 Å². The highest BCUT2D eigenvalue weighted by Crippen LogP contribution is 2.31. The van der Waals surface area contributed by atoms with Crippen LogP contribution in [0.1, 0.15) is 9.67 Å². The summed E-state index contributed by atoms with van der Waals surface area (Å²) in [5.74, 6) is 0. The first-order chi connectivity index (χ1) is 7.80. The van der Waals surface area contributed by atoms with Crippen LogP contribution in [0.3, 0.4) is 0 Å². The van der Waals surface area contributed by atoms with E-state index >= 15 is 0 Å². The van der Waals surface area contributed by atoms with Gasteiger partial charge in [0, 0.05) is 19.2 Å². The largest absolute Gasteiger partial charge is 0.390 e. The lowest BCUT2D eigenvalue weighted by Crippen LogP contribution is -2.60. The highest BCUT2D eigenvalue weighted by atomic mass is 32.1. The lowest BCUT2D eigenvalue weighted by Gasteiger charge is -2.39. The maximum Gasteiger partial charge on any atom is 0.189 e. The van der Waals surface area contributed by atoms with Crippen molar-refractivity contribution < 1.29 is 9.90 Å². The van der Waals surface area contributed by atoms with E-state index in [1.165, 1.54) is 5.00 Å². The van der Waals surface area contributed by atoms with Gasteiger partial charge in [0.25, 0.3) is 0 Å². The molecule has 5 heteroatoms. The molecular formula is C11H17N2O2S+. The first-order valence-electron chi connectivity index (χ1n) is 5.54. The number of nitrogens with one attached hydrogen (secondary N) is 1. The van der Waals surface area contributed by atoms with Gasteiger partial charge < -0.3 is 10.4 Å². The van der Waals surface area contributed by atoms with Crippen molar-refractivity contribution in [1.82, 2.24) is 9.80 Å². The van der Waals surface area contributed by atoms with Gasteiger partial charge in [-0.05, 0) is 6.07 Å². The van der Waals surface area contributed by atoms with Gasteiger partial charge >= 0.3 is 0 Å². The normalized spacial score (nSPS) is 19.6. The van der Waals surface area contributed by atoms with Crippen molar-refractivity contribution in [1.29, 1.82) is 0 Å². The van der Waals surface area contributed by atoms with Crippen molar-refractivity contribution in [3.8, 4) is 0 Å². The number of thiophene rings is 1. The third-order valence-electron chi connectivity index (χ3n) is 3.16. The summed E-state index contributed by atoms with van der Waals surface area (Å²) in [7, 11) is 0. The summed E-state index contributed by atoms with van der Waals surface area (Å²) < 4.78 is 0.808. The quantitative estimate of drug-likeness (QED) is 0.595. The van der Waals surface area contributed by atoms with E-state index in [4.69, 9.17) is 0 Å². The molecule has 1 aromatic rings. The van der Waals surface area contributed by atoms with Crippen molar-refractivity contribution in [2.75, 3.05) is 39.3 Å². The van der Waals surface area contributed by atoms with E-state index in [1.54, 1.807) is 11.3 Å². The molecule has 1 fully saturated rings. The van der Waals surface area contributed by atoms with Crippen LogP contribution in [0.25, 0.3) is 0 Å². The molecule has 0 saturated carbocycles. The van der Waals surface area contributed by atoms with Crippen LogP contribution in [0, 0.1) is 0 Å². The first-order valence-corrected chi connectivity index (χ1v) is 6.36. The Kier molecular flexibility index (Phi) is 3.70. The van der Waals surface area contributed by atoms with Gasteiger partial charge in [0.15, 0.2) is 11.3 Å². The Balaban J connectivity index is 2.26. The number of hydrogen-bond donors (Lipinski definition) is 2. The third-order valence-corrected chi connectivity index (χ3v) is 4.36. The Morgan fingerprint density at radius 1 is 1.44 bits per heavy atom. The van der Waals surface area contributed by atoms with Crippen LogP contribution >= 0.6 is 11.3 Å². The second kappa shape index (κ2) is 5.05. The first kappa shape index (κ1) is 11.7. The van der Waals surface area contributed by atoms with Crippen LogP contribution in [0.15, 0.2) is 12.1 Å². The molecule has 2 N–H and O–H groups in total. The number of piperazine rings is 1. The molecule has 0 radical (unpaired) electrons. The molecule has 1 saturated heterocycles. The molecule has 0 bridgehead atoms. The minimum absolute atomic E-state index is 0.189. The van der Waals surface area contributed by atoms with Gasteiger partial charge in [-0.25, -0.2) is 0 Å². The topological polar surface area (TPSA) is 49.3 Å². The number of nitrogens with zero attached hydrogens (tertiary/aromatic N) is 1. The summed E-state index contributed by atoms with van der Waals surface area (Å²) in [6.07, 6.45) is 0.895. The number of aliphatic hydroxyl groups excluding tert-OH is 1. The van der Waals surface area contributed by atoms with Gasteiger partial charge in [0.1, 0.15) is 6.54 Å². The average molecular weight is 241 g/mol. The lowest BCUT2D eigenvalue weighted by molar-refractivity contribution is 0.112. The highest BCUT2D eigenvalue weighted by Gasteiger charge is 2.33. The monoisotopic (exact) mass is 241 g/mol. The van der Waals surface area contributed by atoms with Gasteiger partial charge in [0.2, 0.25) is 0 Å². The number of hydrogen-bond acceptors (Lipinski definition) is 4. The smallest absolute Gasteiger partial charge is 0.189 e. The van der Waals surface area contributed by atoms with Gasteiger partial charge in [-0.1, -0.05) is 11.3 Å². The zero-order valence-corrected chi connectivity index (χ0v) is 10.0. The van der Waals surface area contributed by atoms with Crippen LogP contribution in [0.5, 0.6) is 0 Å². The molecule has 1 aliphatic heterocycles. The standard InChI is InChI=1S/C11H17N2O2S/c14-8-7-13(5-3-12-4-6-13)11-2-1-10(9-15)16-11/h1-2,9,12,14H,3-8H2/q+1. The van der Waals surface area contributed by atoms with Crippen LogP contribution in [0.2, 0.25) is 0 Å². The fourth-order valence-corrected chi connectivity index (χ4v) is 3.26. The second-order valence-corrected chi connectivity index (χ2v) is 5.18. The molecule has 88 valence electrons. The minimum atomic E-state index is 0.189. The van der Waals surface area contributed by atoms with E-state index in [1.807, 2.05) is 12.1 Å². The minimum Gasteiger partial charge on any atom is -0.390 e. The molecule has 16 heavy (non-hydrogen) atoms. The summed E-state index contributed by atoms with van der Waals surface area (Å²) in [5.41, 5.74) is 0. The Morgan fingerprint density at radius 3 is 2.75 bits per heavy atom. The Bertz CT molecular complexity index is 353. The summed E-state index contributed by atoms with van der Waals surface area (Å²) in [4.78, 5) is 11.5. The maximum atomic E-state index is 10.7. The predicted octanol–water partition coefficient (Wildman–Crippen LogP) is 0.463. The molecule has 0 amide bonds. The molecule has 0 unspecified atom stereocenters. The summed E-state index contributed by atoms with van der Waals surface area (Å²) in [6.45, 7) is 4.83. The fourth-order valence-electron chi connectivity index (χ4n) is 2.23. The van der Waals surface area contributed by atoms with Crippen LogP contribution in [-0.2, 0) is 0 Å². The number of carbonyl (C=O) groups is 1. The van der Waals surface area contributed by atoms with E-state index in [9.17, 15) is 9.90 Å². The second-order valence-electron chi connectivity index (χ2n) is 4.08. The number of aldehydes is 1. The SMILES string of the molecule is O=Cc1ccc([N+]2(CCO)CCNCC2)s1. The molecule has 0 aromatic carbocycles. The summed E-state index contributed by atoms with van der Waals surface area (Å²) in [6, 6.07) is 3.89. The van der Waals surface area contributed by atoms with Crippen molar-refractivity contribution >= 4 is 22.6 Å². The zero-order chi connectivity index (χ0) is 11.4. The third kappa shape index (κ3) is 2.17. The summed E-state index contributed by atoms with van der Waals surface area (Å²) >= 11 is 1.54. The molecule has 0 atom stereocenters. The Hall–Kier alpha value is -0.750. The lowest BCUT2D eigenvalue weighted by atomic mass is 10.2. The molecule has 2 heterocycles. The van der Waals surface area contributed by atoms with E-state index in [-0.39, 0.29) is 6.61 Å². The molecule has 2 rings (SSSR count). The zero-order valence-electron chi connectivity index (χ0n) is 9.19. The van der Waals surface area contributed by atoms with Crippen LogP contribution in [0.4, 0.5) is 5.00 Å². The van der Waals surface area contributed by atoms with Crippen molar-refractivity contribution in [2.24, 2.45) is 0 Å². The molecule has 1 aromatic heterocycles. The number of quaternary nitrogens is 1. The highest BCUT2D eigenvalue weighted by molar-refractivity contribution is 7.17. The molecular weight excluding hydrogens is 224 g/mol.